The average molecular weight is 308 g/mol. The summed E-state index contributed by atoms with van der Waals surface area (Å²) in [5, 5.41) is 17.9. The zero-order valence-corrected chi connectivity index (χ0v) is 12.9. The topological polar surface area (TPSA) is 81.4 Å². The van der Waals surface area contributed by atoms with Crippen LogP contribution in [-0.4, -0.2) is 37.0 Å². The van der Waals surface area contributed by atoms with E-state index in [4.69, 9.17) is 5.26 Å². The molecule has 1 aromatic rings. The van der Waals surface area contributed by atoms with Crippen molar-refractivity contribution in [1.82, 2.24) is 4.31 Å². The number of sulfonamides is 1. The molecule has 21 heavy (non-hydrogen) atoms. The third-order valence-electron chi connectivity index (χ3n) is 3.99. The lowest BCUT2D eigenvalue weighted by molar-refractivity contribution is 0.139. The summed E-state index contributed by atoms with van der Waals surface area (Å²) < 4.78 is 26.9. The van der Waals surface area contributed by atoms with Gasteiger partial charge in [0.1, 0.15) is 0 Å². The van der Waals surface area contributed by atoms with E-state index in [-0.39, 0.29) is 29.9 Å². The van der Waals surface area contributed by atoms with Gasteiger partial charge in [-0.05, 0) is 43.4 Å². The van der Waals surface area contributed by atoms with Crippen molar-refractivity contribution in [2.75, 3.05) is 13.2 Å². The number of nitrogens with zero attached hydrogens (tertiary/aromatic N) is 2. The molecule has 0 aromatic heterocycles. The van der Waals surface area contributed by atoms with Gasteiger partial charge in [0.15, 0.2) is 0 Å². The molecule has 114 valence electrons. The van der Waals surface area contributed by atoms with E-state index < -0.39 is 10.0 Å². The Morgan fingerprint density at radius 2 is 2.00 bits per heavy atom. The molecule has 5 nitrogen and oxygen atoms in total. The highest BCUT2D eigenvalue weighted by Gasteiger charge is 2.34. The Balaban J connectivity index is 2.25. The van der Waals surface area contributed by atoms with Crippen molar-refractivity contribution in [3.63, 3.8) is 0 Å². The molecule has 0 bridgehead atoms. The van der Waals surface area contributed by atoms with Crippen LogP contribution in [0.4, 0.5) is 0 Å². The third kappa shape index (κ3) is 3.43. The maximum atomic E-state index is 12.7. The molecule has 1 N–H and O–H groups in total. The number of hydrogen-bond donors (Lipinski definition) is 1. The van der Waals surface area contributed by atoms with Crippen LogP contribution in [0.25, 0.3) is 0 Å². The molecule has 1 fully saturated rings. The summed E-state index contributed by atoms with van der Waals surface area (Å²) in [6.07, 6.45) is 1.88. The number of rotatable bonds is 4. The highest BCUT2D eigenvalue weighted by molar-refractivity contribution is 7.89. The molecule has 1 saturated heterocycles. The van der Waals surface area contributed by atoms with E-state index in [9.17, 15) is 13.5 Å². The molecule has 0 radical (unpaired) electrons. The minimum Gasteiger partial charge on any atom is -0.396 e. The summed E-state index contributed by atoms with van der Waals surface area (Å²) >= 11 is 0. The van der Waals surface area contributed by atoms with Crippen molar-refractivity contribution in [2.45, 2.75) is 37.1 Å². The first-order valence-electron chi connectivity index (χ1n) is 7.07. The summed E-state index contributed by atoms with van der Waals surface area (Å²) in [7, 11) is -3.55. The lowest BCUT2D eigenvalue weighted by Gasteiger charge is -2.36. The normalized spacial score (nSPS) is 23.7. The highest BCUT2D eigenvalue weighted by atomic mass is 32.2. The van der Waals surface area contributed by atoms with Gasteiger partial charge in [0, 0.05) is 19.2 Å². The van der Waals surface area contributed by atoms with Gasteiger partial charge in [-0.3, -0.25) is 0 Å². The van der Waals surface area contributed by atoms with Crippen LogP contribution in [0.15, 0.2) is 29.2 Å². The lowest BCUT2D eigenvalue weighted by Crippen LogP contribution is -2.46. The molecule has 1 heterocycles. The fourth-order valence-corrected chi connectivity index (χ4v) is 4.37. The van der Waals surface area contributed by atoms with Gasteiger partial charge in [-0.2, -0.15) is 9.57 Å². The predicted octanol–water partition coefficient (Wildman–Crippen LogP) is 1.53. The third-order valence-corrected chi connectivity index (χ3v) is 5.99. The predicted molar refractivity (Wildman–Crippen MR) is 78.9 cm³/mol. The zero-order valence-electron chi connectivity index (χ0n) is 12.1. The number of aliphatic hydroxyl groups excluding tert-OH is 1. The Morgan fingerprint density at radius 1 is 1.33 bits per heavy atom. The Bertz CT molecular complexity index is 619. The fourth-order valence-electron chi connectivity index (χ4n) is 2.64. The van der Waals surface area contributed by atoms with Crippen molar-refractivity contribution in [1.29, 1.82) is 5.26 Å². The molecule has 6 heteroatoms. The summed E-state index contributed by atoms with van der Waals surface area (Å²) in [5.74, 6) is 0.00818. The maximum Gasteiger partial charge on any atom is 0.243 e. The Morgan fingerprint density at radius 3 is 2.57 bits per heavy atom. The first-order chi connectivity index (χ1) is 9.98. The van der Waals surface area contributed by atoms with Gasteiger partial charge >= 0.3 is 0 Å². The van der Waals surface area contributed by atoms with Crippen LogP contribution >= 0.6 is 0 Å². The first-order valence-corrected chi connectivity index (χ1v) is 8.51. The van der Waals surface area contributed by atoms with E-state index in [1.807, 2.05) is 13.0 Å². The molecule has 1 aliphatic heterocycles. The van der Waals surface area contributed by atoms with Crippen molar-refractivity contribution in [2.24, 2.45) is 5.92 Å². The summed E-state index contributed by atoms with van der Waals surface area (Å²) in [5.41, 5.74) is 0.802. The molecule has 1 aromatic carbocycles. The van der Waals surface area contributed by atoms with Crippen molar-refractivity contribution < 1.29 is 13.5 Å². The Hall–Kier alpha value is -1.42. The van der Waals surface area contributed by atoms with E-state index >= 15 is 0 Å². The van der Waals surface area contributed by atoms with Crippen LogP contribution in [0.1, 0.15) is 25.3 Å². The molecule has 0 amide bonds. The average Bonchev–Trinajstić information content (AvgIpc) is 2.48. The van der Waals surface area contributed by atoms with Gasteiger partial charge in [-0.25, -0.2) is 8.42 Å². The molecule has 2 atom stereocenters. The lowest BCUT2D eigenvalue weighted by atomic mass is 9.96. The SMILES string of the molecule is CC1CCC(CO)CN1S(=O)(=O)c1ccc(CC#N)cc1. The molecule has 2 rings (SSSR count). The van der Waals surface area contributed by atoms with Crippen LogP contribution in [0.5, 0.6) is 0 Å². The minimum atomic E-state index is -3.55. The van der Waals surface area contributed by atoms with Crippen molar-refractivity contribution in [3.8, 4) is 6.07 Å². The second-order valence-electron chi connectivity index (χ2n) is 5.53. The molecular weight excluding hydrogens is 288 g/mol. The molecule has 0 saturated carbocycles. The minimum absolute atomic E-state index is 0.00818. The molecule has 2 unspecified atom stereocenters. The van der Waals surface area contributed by atoms with Crippen molar-refractivity contribution >= 4 is 10.0 Å². The molecular formula is C15H20N2O3S. The van der Waals surface area contributed by atoms with E-state index in [1.54, 1.807) is 24.3 Å². The van der Waals surface area contributed by atoms with Gasteiger partial charge in [-0.15, -0.1) is 0 Å². The highest BCUT2D eigenvalue weighted by Crippen LogP contribution is 2.28. The van der Waals surface area contributed by atoms with Crippen LogP contribution in [0.3, 0.4) is 0 Å². The van der Waals surface area contributed by atoms with E-state index in [2.05, 4.69) is 0 Å². The Labute approximate surface area is 125 Å². The monoisotopic (exact) mass is 308 g/mol. The van der Waals surface area contributed by atoms with Gasteiger partial charge < -0.3 is 5.11 Å². The van der Waals surface area contributed by atoms with Crippen LogP contribution in [0.2, 0.25) is 0 Å². The van der Waals surface area contributed by atoms with E-state index in [0.717, 1.165) is 18.4 Å². The number of aliphatic hydroxyl groups is 1. The molecule has 0 aliphatic carbocycles. The van der Waals surface area contributed by atoms with Gasteiger partial charge in [0.2, 0.25) is 10.0 Å². The van der Waals surface area contributed by atoms with Crippen molar-refractivity contribution in [3.05, 3.63) is 29.8 Å². The number of benzene rings is 1. The van der Waals surface area contributed by atoms with Gasteiger partial charge in [0.25, 0.3) is 0 Å². The largest absolute Gasteiger partial charge is 0.396 e. The molecule has 1 aliphatic rings. The summed E-state index contributed by atoms with van der Waals surface area (Å²) in [6.45, 7) is 2.27. The smallest absolute Gasteiger partial charge is 0.243 e. The first kappa shape index (κ1) is 16.0. The maximum absolute atomic E-state index is 12.7. The van der Waals surface area contributed by atoms with Gasteiger partial charge in [-0.1, -0.05) is 12.1 Å². The number of hydrogen-bond acceptors (Lipinski definition) is 4. The quantitative estimate of drug-likeness (QED) is 0.914. The number of nitriles is 1. The summed E-state index contributed by atoms with van der Waals surface area (Å²) in [4.78, 5) is 0.245. The van der Waals surface area contributed by atoms with E-state index in [0.29, 0.717) is 6.54 Å². The number of piperidine rings is 1. The zero-order chi connectivity index (χ0) is 15.5. The second kappa shape index (κ2) is 6.56. The summed E-state index contributed by atoms with van der Waals surface area (Å²) in [6, 6.07) is 8.44. The standard InChI is InChI=1S/C15H20N2O3S/c1-12-2-3-14(11-18)10-17(12)21(19,20)15-6-4-13(5-7-15)8-9-16/h4-7,12,14,18H,2-3,8,10-11H2,1H3. The van der Waals surface area contributed by atoms with Crippen LogP contribution in [0, 0.1) is 17.2 Å². The fraction of sp³-hybridized carbons (Fsp3) is 0.533. The van der Waals surface area contributed by atoms with Crippen LogP contribution in [-0.2, 0) is 16.4 Å². The van der Waals surface area contributed by atoms with Gasteiger partial charge in [0.05, 0.1) is 17.4 Å². The Kier molecular flexibility index (Phi) is 4.99. The molecule has 0 spiro atoms. The van der Waals surface area contributed by atoms with Crippen LogP contribution < -0.4 is 0 Å². The second-order valence-corrected chi connectivity index (χ2v) is 7.42. The van der Waals surface area contributed by atoms with E-state index in [1.165, 1.54) is 4.31 Å².